The van der Waals surface area contributed by atoms with Gasteiger partial charge in [0, 0.05) is 13.0 Å². The average molecular weight is 177 g/mol. The Balaban J connectivity index is 2.28. The van der Waals surface area contributed by atoms with Crippen LogP contribution in [0.25, 0.3) is 0 Å². The molecule has 0 saturated carbocycles. The molecule has 0 aliphatic heterocycles. The monoisotopic (exact) mass is 177 g/mol. The van der Waals surface area contributed by atoms with Crippen LogP contribution in [0.3, 0.4) is 0 Å². The van der Waals surface area contributed by atoms with Crippen molar-refractivity contribution in [2.24, 2.45) is 7.05 Å². The summed E-state index contributed by atoms with van der Waals surface area (Å²) in [5, 5.41) is 4.16. The van der Waals surface area contributed by atoms with Gasteiger partial charge in [0.15, 0.2) is 0 Å². The molecule has 13 heavy (non-hydrogen) atoms. The number of nitrogen functional groups attached to an aromatic ring is 1. The molecule has 0 saturated heterocycles. The SMILES string of the molecule is Cn1ncc(N)c1C1CC=CCC1. The molecular formula is C10H15N3. The average Bonchev–Trinajstić information content (AvgIpc) is 2.48. The Kier molecular flexibility index (Phi) is 2.08. The van der Waals surface area contributed by atoms with Crippen LogP contribution in [0.1, 0.15) is 30.9 Å². The Morgan fingerprint density at radius 3 is 2.92 bits per heavy atom. The molecule has 1 aliphatic carbocycles. The van der Waals surface area contributed by atoms with E-state index in [0.29, 0.717) is 5.92 Å². The van der Waals surface area contributed by atoms with Crippen molar-refractivity contribution in [3.05, 3.63) is 24.0 Å². The molecule has 0 fully saturated rings. The number of hydrogen-bond donors (Lipinski definition) is 1. The van der Waals surface area contributed by atoms with Gasteiger partial charge in [-0.2, -0.15) is 5.10 Å². The quantitative estimate of drug-likeness (QED) is 0.665. The van der Waals surface area contributed by atoms with E-state index in [1.807, 2.05) is 11.7 Å². The van der Waals surface area contributed by atoms with Gasteiger partial charge in [-0.05, 0) is 19.3 Å². The van der Waals surface area contributed by atoms with Crippen LogP contribution in [0.15, 0.2) is 18.3 Å². The van der Waals surface area contributed by atoms with Crippen molar-refractivity contribution in [1.29, 1.82) is 0 Å². The predicted octanol–water partition coefficient (Wildman–Crippen LogP) is 1.83. The van der Waals surface area contributed by atoms with E-state index < -0.39 is 0 Å². The summed E-state index contributed by atoms with van der Waals surface area (Å²) in [4.78, 5) is 0. The minimum Gasteiger partial charge on any atom is -0.396 e. The molecule has 1 heterocycles. The summed E-state index contributed by atoms with van der Waals surface area (Å²) < 4.78 is 1.90. The topological polar surface area (TPSA) is 43.8 Å². The highest BCUT2D eigenvalue weighted by Gasteiger charge is 2.18. The molecule has 1 aromatic rings. The number of rotatable bonds is 1. The first-order valence-electron chi connectivity index (χ1n) is 4.71. The molecule has 0 bridgehead atoms. The third-order valence-corrected chi connectivity index (χ3v) is 2.67. The van der Waals surface area contributed by atoms with Gasteiger partial charge in [0.1, 0.15) is 0 Å². The fourth-order valence-corrected chi connectivity index (χ4v) is 2.01. The summed E-state index contributed by atoms with van der Waals surface area (Å²) in [7, 11) is 1.96. The Hall–Kier alpha value is -1.25. The van der Waals surface area contributed by atoms with Crippen molar-refractivity contribution in [2.75, 3.05) is 5.73 Å². The number of hydrogen-bond acceptors (Lipinski definition) is 2. The van der Waals surface area contributed by atoms with Crippen LogP contribution in [0, 0.1) is 0 Å². The van der Waals surface area contributed by atoms with Crippen LogP contribution in [0.4, 0.5) is 5.69 Å². The maximum Gasteiger partial charge on any atom is 0.0735 e. The minimum absolute atomic E-state index is 0.567. The van der Waals surface area contributed by atoms with Crippen LogP contribution in [0.2, 0.25) is 0 Å². The lowest BCUT2D eigenvalue weighted by atomic mass is 9.91. The standard InChI is InChI=1S/C10H15N3/c1-13-10(9(11)7-12-13)8-5-3-2-4-6-8/h2-3,7-8H,4-6,11H2,1H3. The second kappa shape index (κ2) is 3.24. The third kappa shape index (κ3) is 1.46. The highest BCUT2D eigenvalue weighted by molar-refractivity contribution is 5.43. The summed E-state index contributed by atoms with van der Waals surface area (Å²) in [5.41, 5.74) is 7.90. The Labute approximate surface area is 78.2 Å². The van der Waals surface area contributed by atoms with E-state index in [4.69, 9.17) is 5.73 Å². The zero-order valence-electron chi connectivity index (χ0n) is 7.90. The van der Waals surface area contributed by atoms with Gasteiger partial charge in [-0.15, -0.1) is 0 Å². The van der Waals surface area contributed by atoms with Crippen molar-refractivity contribution in [3.63, 3.8) is 0 Å². The summed E-state index contributed by atoms with van der Waals surface area (Å²) in [6.45, 7) is 0. The van der Waals surface area contributed by atoms with Gasteiger partial charge >= 0.3 is 0 Å². The van der Waals surface area contributed by atoms with Gasteiger partial charge in [0.2, 0.25) is 0 Å². The summed E-state index contributed by atoms with van der Waals surface area (Å²) in [6, 6.07) is 0. The first-order chi connectivity index (χ1) is 6.29. The zero-order valence-corrected chi connectivity index (χ0v) is 7.90. The fraction of sp³-hybridized carbons (Fsp3) is 0.500. The lowest BCUT2D eigenvalue weighted by Crippen LogP contribution is -2.09. The number of nitrogens with two attached hydrogens (primary N) is 1. The van der Waals surface area contributed by atoms with Gasteiger partial charge < -0.3 is 5.73 Å². The smallest absolute Gasteiger partial charge is 0.0735 e. The van der Waals surface area contributed by atoms with Crippen LogP contribution in [-0.2, 0) is 7.05 Å². The van der Waals surface area contributed by atoms with Gasteiger partial charge in [-0.1, -0.05) is 12.2 Å². The zero-order chi connectivity index (χ0) is 9.26. The molecule has 1 aromatic heterocycles. The van der Waals surface area contributed by atoms with E-state index in [-0.39, 0.29) is 0 Å². The second-order valence-corrected chi connectivity index (χ2v) is 3.59. The highest BCUT2D eigenvalue weighted by Crippen LogP contribution is 2.31. The normalized spacial score (nSPS) is 22.1. The molecule has 3 nitrogen and oxygen atoms in total. The molecule has 70 valence electrons. The number of nitrogens with zero attached hydrogens (tertiary/aromatic N) is 2. The molecule has 1 atom stereocenters. The van der Waals surface area contributed by atoms with Gasteiger partial charge in [0.25, 0.3) is 0 Å². The Morgan fingerprint density at radius 2 is 2.38 bits per heavy atom. The minimum atomic E-state index is 0.567. The fourth-order valence-electron chi connectivity index (χ4n) is 2.01. The van der Waals surface area contributed by atoms with Crippen molar-refractivity contribution >= 4 is 5.69 Å². The second-order valence-electron chi connectivity index (χ2n) is 3.59. The summed E-state index contributed by atoms with van der Waals surface area (Å²) in [6.07, 6.45) is 9.68. The molecule has 3 heteroatoms. The maximum absolute atomic E-state index is 5.86. The molecule has 0 aromatic carbocycles. The van der Waals surface area contributed by atoms with Crippen molar-refractivity contribution < 1.29 is 0 Å². The first-order valence-corrected chi connectivity index (χ1v) is 4.71. The maximum atomic E-state index is 5.86. The molecule has 0 spiro atoms. The van der Waals surface area contributed by atoms with Crippen molar-refractivity contribution in [3.8, 4) is 0 Å². The van der Waals surface area contributed by atoms with Gasteiger partial charge in [0.05, 0.1) is 17.6 Å². The van der Waals surface area contributed by atoms with Crippen molar-refractivity contribution in [1.82, 2.24) is 9.78 Å². The van der Waals surface area contributed by atoms with Crippen LogP contribution < -0.4 is 5.73 Å². The molecule has 1 aliphatic rings. The largest absolute Gasteiger partial charge is 0.396 e. The van der Waals surface area contributed by atoms with Crippen LogP contribution >= 0.6 is 0 Å². The summed E-state index contributed by atoms with van der Waals surface area (Å²) >= 11 is 0. The van der Waals surface area contributed by atoms with E-state index in [9.17, 15) is 0 Å². The van der Waals surface area contributed by atoms with Gasteiger partial charge in [-0.3, -0.25) is 4.68 Å². The van der Waals surface area contributed by atoms with E-state index in [1.54, 1.807) is 6.20 Å². The molecule has 1 unspecified atom stereocenters. The predicted molar refractivity (Wildman–Crippen MR) is 53.4 cm³/mol. The molecule has 2 rings (SSSR count). The van der Waals surface area contributed by atoms with E-state index in [0.717, 1.165) is 18.5 Å². The number of aromatic nitrogens is 2. The van der Waals surface area contributed by atoms with E-state index >= 15 is 0 Å². The molecular weight excluding hydrogens is 162 g/mol. The molecule has 2 N–H and O–H groups in total. The Bertz CT molecular complexity index is 305. The third-order valence-electron chi connectivity index (χ3n) is 2.67. The summed E-state index contributed by atoms with van der Waals surface area (Å²) in [5.74, 6) is 0.567. The van der Waals surface area contributed by atoms with Gasteiger partial charge in [-0.25, -0.2) is 0 Å². The highest BCUT2D eigenvalue weighted by atomic mass is 15.3. The lowest BCUT2D eigenvalue weighted by molar-refractivity contribution is 0.560. The number of aryl methyl sites for hydroxylation is 1. The first kappa shape index (κ1) is 8.35. The van der Waals surface area contributed by atoms with Crippen molar-refractivity contribution in [2.45, 2.75) is 25.2 Å². The number of allylic oxidation sites excluding steroid dienone is 2. The van der Waals surface area contributed by atoms with E-state index in [1.165, 1.54) is 12.1 Å². The Morgan fingerprint density at radius 1 is 1.54 bits per heavy atom. The lowest BCUT2D eigenvalue weighted by Gasteiger charge is -2.18. The van der Waals surface area contributed by atoms with Crippen LogP contribution in [0.5, 0.6) is 0 Å². The molecule has 0 amide bonds. The number of anilines is 1. The molecule has 0 radical (unpaired) electrons. The van der Waals surface area contributed by atoms with E-state index in [2.05, 4.69) is 17.3 Å². The van der Waals surface area contributed by atoms with Crippen LogP contribution in [-0.4, -0.2) is 9.78 Å².